The number of nitrogens with zero attached hydrogens (tertiary/aromatic N) is 4. The summed E-state index contributed by atoms with van der Waals surface area (Å²) in [4.78, 5) is 30.0. The van der Waals surface area contributed by atoms with Crippen molar-refractivity contribution in [2.45, 2.75) is 32.1 Å². The summed E-state index contributed by atoms with van der Waals surface area (Å²) in [5, 5.41) is 4.09. The first-order chi connectivity index (χ1) is 13.2. The number of aromatic nitrogens is 2. The molecule has 2 heterocycles. The summed E-state index contributed by atoms with van der Waals surface area (Å²) in [7, 11) is 0. The van der Waals surface area contributed by atoms with Crippen LogP contribution in [0.2, 0.25) is 0 Å². The smallest absolute Gasteiger partial charge is 0.267 e. The Morgan fingerprint density at radius 1 is 1.11 bits per heavy atom. The Morgan fingerprint density at radius 2 is 1.81 bits per heavy atom. The van der Waals surface area contributed by atoms with Gasteiger partial charge in [-0.25, -0.2) is 0 Å². The number of aryl methyl sites for hydroxylation is 1. The lowest BCUT2D eigenvalue weighted by atomic mass is 10.1. The van der Waals surface area contributed by atoms with E-state index >= 15 is 0 Å². The van der Waals surface area contributed by atoms with E-state index in [1.165, 1.54) is 17.1 Å². The van der Waals surface area contributed by atoms with Gasteiger partial charge >= 0.3 is 0 Å². The first-order valence-electron chi connectivity index (χ1n) is 9.63. The van der Waals surface area contributed by atoms with E-state index in [0.717, 1.165) is 25.0 Å². The van der Waals surface area contributed by atoms with Crippen LogP contribution in [0.15, 0.2) is 30.3 Å². The zero-order chi connectivity index (χ0) is 18.8. The Balaban J connectivity index is 1.32. The SMILES string of the molecule is CCCc1nnsc1C(=O)N1CCN(C(=O)[C@@H]2C[C@H]2c2ccccc2)CC1. The first kappa shape index (κ1) is 18.1. The third-order valence-corrected chi connectivity index (χ3v) is 6.21. The summed E-state index contributed by atoms with van der Waals surface area (Å²) >= 11 is 1.18. The molecule has 0 radical (unpaired) electrons. The zero-order valence-electron chi connectivity index (χ0n) is 15.5. The highest BCUT2D eigenvalue weighted by Crippen LogP contribution is 2.48. The van der Waals surface area contributed by atoms with E-state index < -0.39 is 0 Å². The quantitative estimate of drug-likeness (QED) is 0.795. The van der Waals surface area contributed by atoms with Crippen LogP contribution in [-0.4, -0.2) is 57.4 Å². The fourth-order valence-electron chi connectivity index (χ4n) is 3.82. The Hall–Kier alpha value is -2.28. The molecule has 2 aromatic rings. The minimum absolute atomic E-state index is 0.00846. The van der Waals surface area contributed by atoms with Gasteiger partial charge in [-0.3, -0.25) is 9.59 Å². The van der Waals surface area contributed by atoms with Crippen molar-refractivity contribution in [2.24, 2.45) is 5.92 Å². The fourth-order valence-corrected chi connectivity index (χ4v) is 4.49. The van der Waals surface area contributed by atoms with Crippen LogP contribution in [0.1, 0.15) is 46.6 Å². The van der Waals surface area contributed by atoms with E-state index in [0.29, 0.717) is 37.0 Å². The van der Waals surface area contributed by atoms with Gasteiger partial charge in [0.05, 0.1) is 5.69 Å². The predicted octanol–water partition coefficient (Wildman–Crippen LogP) is 2.58. The maximum absolute atomic E-state index is 12.8. The number of hydrogen-bond donors (Lipinski definition) is 0. The van der Waals surface area contributed by atoms with Gasteiger partial charge in [0.25, 0.3) is 5.91 Å². The molecule has 2 aliphatic rings. The van der Waals surface area contributed by atoms with Gasteiger partial charge < -0.3 is 9.80 Å². The van der Waals surface area contributed by atoms with Crippen molar-refractivity contribution in [3.63, 3.8) is 0 Å². The Bertz CT molecular complexity index is 814. The zero-order valence-corrected chi connectivity index (χ0v) is 16.3. The molecule has 1 saturated heterocycles. The van der Waals surface area contributed by atoms with E-state index in [1.54, 1.807) is 0 Å². The van der Waals surface area contributed by atoms with Crippen LogP contribution >= 0.6 is 11.5 Å². The van der Waals surface area contributed by atoms with E-state index in [2.05, 4.69) is 28.6 Å². The van der Waals surface area contributed by atoms with Gasteiger partial charge in [-0.15, -0.1) is 5.10 Å². The highest BCUT2D eigenvalue weighted by molar-refractivity contribution is 7.08. The highest BCUT2D eigenvalue weighted by atomic mass is 32.1. The van der Waals surface area contributed by atoms with Gasteiger partial charge in [-0.1, -0.05) is 48.2 Å². The summed E-state index contributed by atoms with van der Waals surface area (Å²) in [5.74, 6) is 0.714. The molecule has 1 aromatic carbocycles. The largest absolute Gasteiger partial charge is 0.339 e. The van der Waals surface area contributed by atoms with Gasteiger partial charge in [-0.2, -0.15) is 0 Å². The summed E-state index contributed by atoms with van der Waals surface area (Å²) in [6, 6.07) is 10.3. The van der Waals surface area contributed by atoms with Crippen LogP contribution in [0.25, 0.3) is 0 Å². The van der Waals surface area contributed by atoms with E-state index in [4.69, 9.17) is 0 Å². The number of hydrogen-bond acceptors (Lipinski definition) is 5. The monoisotopic (exact) mass is 384 g/mol. The topological polar surface area (TPSA) is 66.4 Å². The average molecular weight is 385 g/mol. The third-order valence-electron chi connectivity index (χ3n) is 5.45. The molecule has 0 unspecified atom stereocenters. The molecule has 2 atom stereocenters. The molecule has 7 heteroatoms. The number of carbonyl (C=O) groups is 2. The second kappa shape index (κ2) is 7.76. The summed E-state index contributed by atoms with van der Waals surface area (Å²) in [6.07, 6.45) is 2.66. The number of piperazine rings is 1. The van der Waals surface area contributed by atoms with Crippen LogP contribution in [0.5, 0.6) is 0 Å². The summed E-state index contributed by atoms with van der Waals surface area (Å²) < 4.78 is 3.95. The van der Waals surface area contributed by atoms with Gasteiger partial charge in [-0.05, 0) is 35.9 Å². The van der Waals surface area contributed by atoms with Crippen molar-refractivity contribution in [3.05, 3.63) is 46.5 Å². The molecular weight excluding hydrogens is 360 g/mol. The van der Waals surface area contributed by atoms with Crippen molar-refractivity contribution < 1.29 is 9.59 Å². The number of amides is 2. The molecule has 0 bridgehead atoms. The van der Waals surface area contributed by atoms with Gasteiger partial charge in [0.1, 0.15) is 4.88 Å². The van der Waals surface area contributed by atoms with Crippen LogP contribution in [0.3, 0.4) is 0 Å². The van der Waals surface area contributed by atoms with E-state index in [-0.39, 0.29) is 17.7 Å². The molecule has 1 aromatic heterocycles. The molecule has 2 fully saturated rings. The minimum Gasteiger partial charge on any atom is -0.339 e. The van der Waals surface area contributed by atoms with Crippen molar-refractivity contribution >= 4 is 23.3 Å². The molecule has 27 heavy (non-hydrogen) atoms. The highest BCUT2D eigenvalue weighted by Gasteiger charge is 2.46. The molecule has 2 amide bonds. The third kappa shape index (κ3) is 3.74. The number of rotatable bonds is 5. The molecule has 4 rings (SSSR count). The lowest BCUT2D eigenvalue weighted by molar-refractivity contribution is -0.134. The second-order valence-corrected chi connectivity index (χ2v) is 8.03. The van der Waals surface area contributed by atoms with Crippen molar-refractivity contribution in [2.75, 3.05) is 26.2 Å². The average Bonchev–Trinajstić information content (AvgIpc) is 3.39. The number of benzene rings is 1. The van der Waals surface area contributed by atoms with Crippen molar-refractivity contribution in [1.29, 1.82) is 0 Å². The van der Waals surface area contributed by atoms with Gasteiger partial charge in [0, 0.05) is 32.1 Å². The van der Waals surface area contributed by atoms with Crippen LogP contribution in [-0.2, 0) is 11.2 Å². The lowest BCUT2D eigenvalue weighted by Gasteiger charge is -2.34. The van der Waals surface area contributed by atoms with Crippen LogP contribution < -0.4 is 0 Å². The maximum atomic E-state index is 12.8. The molecule has 6 nitrogen and oxygen atoms in total. The van der Waals surface area contributed by atoms with Crippen molar-refractivity contribution in [3.8, 4) is 0 Å². The second-order valence-electron chi connectivity index (χ2n) is 7.28. The van der Waals surface area contributed by atoms with E-state index in [1.807, 2.05) is 28.0 Å². The van der Waals surface area contributed by atoms with Crippen LogP contribution in [0.4, 0.5) is 0 Å². The Morgan fingerprint density at radius 3 is 2.52 bits per heavy atom. The summed E-state index contributed by atoms with van der Waals surface area (Å²) in [6.45, 7) is 4.45. The van der Waals surface area contributed by atoms with Crippen molar-refractivity contribution in [1.82, 2.24) is 19.4 Å². The molecule has 1 aliphatic heterocycles. The van der Waals surface area contributed by atoms with E-state index in [9.17, 15) is 9.59 Å². The lowest BCUT2D eigenvalue weighted by Crippen LogP contribution is -2.51. The van der Waals surface area contributed by atoms with Gasteiger partial charge in [0.2, 0.25) is 5.91 Å². The molecule has 1 aliphatic carbocycles. The predicted molar refractivity (Wildman–Crippen MR) is 104 cm³/mol. The molecule has 0 spiro atoms. The maximum Gasteiger partial charge on any atom is 0.267 e. The van der Waals surface area contributed by atoms with Crippen LogP contribution in [0, 0.1) is 5.92 Å². The normalized spacial score (nSPS) is 22.0. The molecule has 1 saturated carbocycles. The molecular formula is C20H24N4O2S. The standard InChI is InChI=1S/C20H24N4O2S/c1-2-6-17-18(27-22-21-17)20(26)24-11-9-23(10-12-24)19(25)16-13-15(16)14-7-4-3-5-8-14/h3-5,7-8,15-16H,2,6,9-13H2,1H3/t15-,16+/m0/s1. The Kier molecular flexibility index (Phi) is 5.20. The first-order valence-corrected chi connectivity index (χ1v) is 10.4. The molecule has 142 valence electrons. The summed E-state index contributed by atoms with van der Waals surface area (Å²) in [5.41, 5.74) is 2.06. The minimum atomic E-state index is 0.00846. The number of carbonyl (C=O) groups excluding carboxylic acids is 2. The fraction of sp³-hybridized carbons (Fsp3) is 0.500. The van der Waals surface area contributed by atoms with Gasteiger partial charge in [0.15, 0.2) is 0 Å². The molecule has 0 N–H and O–H groups in total. The Labute approximate surface area is 163 Å².